The van der Waals surface area contributed by atoms with Gasteiger partial charge in [-0.15, -0.1) is 0 Å². The second-order valence-electron chi connectivity index (χ2n) is 7.52. The van der Waals surface area contributed by atoms with Crippen LogP contribution in [0.1, 0.15) is 75.3 Å². The largest absolute Gasteiger partial charge is 0.434 e. The highest BCUT2D eigenvalue weighted by atomic mass is 19.4. The number of rotatable bonds is 9. The Hall–Kier alpha value is -2.18. The topological polar surface area (TPSA) is 62.8 Å². The van der Waals surface area contributed by atoms with E-state index in [1.807, 2.05) is 6.92 Å². The van der Waals surface area contributed by atoms with Crippen molar-refractivity contribution < 1.29 is 17.7 Å². The number of hydrogen-bond acceptors (Lipinski definition) is 4. The molecule has 1 unspecified atom stereocenters. The molecule has 0 spiro atoms. The lowest BCUT2D eigenvalue weighted by Gasteiger charge is -2.16. The summed E-state index contributed by atoms with van der Waals surface area (Å²) in [5.41, 5.74) is 0.818. The summed E-state index contributed by atoms with van der Waals surface area (Å²) < 4.78 is 45.9. The zero-order chi connectivity index (χ0) is 20.3. The molecule has 0 radical (unpaired) electrons. The van der Waals surface area contributed by atoms with E-state index >= 15 is 0 Å². The van der Waals surface area contributed by atoms with Crippen LogP contribution in [0.5, 0.6) is 0 Å². The minimum absolute atomic E-state index is 0.0185. The van der Waals surface area contributed by atoms with Gasteiger partial charge in [0.2, 0.25) is 0 Å². The van der Waals surface area contributed by atoms with E-state index in [0.29, 0.717) is 18.1 Å². The molecule has 4 nitrogen and oxygen atoms in total. The predicted octanol–water partition coefficient (Wildman–Crippen LogP) is 6.41. The molecule has 2 aromatic rings. The number of nitrogens with zero attached hydrogens (tertiary/aromatic N) is 2. The van der Waals surface area contributed by atoms with Gasteiger partial charge in [0, 0.05) is 29.0 Å². The monoisotopic (exact) mass is 393 g/mol. The number of nitrogens with one attached hydrogen (secondary N) is 1. The molecule has 1 fully saturated rings. The van der Waals surface area contributed by atoms with Gasteiger partial charge in [-0.2, -0.15) is 13.2 Å². The fraction of sp³-hybridized carbons (Fsp3) is 0.571. The van der Waals surface area contributed by atoms with Gasteiger partial charge in [0.25, 0.3) is 0 Å². The van der Waals surface area contributed by atoms with Gasteiger partial charge >= 0.3 is 6.18 Å². The Labute approximate surface area is 163 Å². The molecule has 0 amide bonds. The van der Waals surface area contributed by atoms with Crippen LogP contribution in [0.2, 0.25) is 0 Å². The summed E-state index contributed by atoms with van der Waals surface area (Å²) in [6, 6.07) is 2.91. The molecule has 28 heavy (non-hydrogen) atoms. The van der Waals surface area contributed by atoms with E-state index in [0.717, 1.165) is 56.0 Å². The summed E-state index contributed by atoms with van der Waals surface area (Å²) in [7, 11) is 0. The van der Waals surface area contributed by atoms with Crippen LogP contribution >= 0.6 is 0 Å². The first-order chi connectivity index (χ1) is 13.3. The number of hydrogen-bond donors (Lipinski definition) is 1. The van der Waals surface area contributed by atoms with Crippen LogP contribution in [0, 0.1) is 11.3 Å². The van der Waals surface area contributed by atoms with Crippen molar-refractivity contribution in [3.05, 3.63) is 35.3 Å². The maximum absolute atomic E-state index is 13.5. The SMILES string of the molecule is CCC(=N)CC(CC)CCc1c(-c2cccnc2C(F)(F)F)noc1C1CC1. The maximum Gasteiger partial charge on any atom is 0.434 e. The normalized spacial score (nSPS) is 15.6. The molecule has 1 saturated carbocycles. The standard InChI is InChI=1S/C21H26F3N3O/c1-3-13(12-15(25)4-2)7-10-16-18(27-28-19(16)14-8-9-14)17-6-5-11-26-20(17)21(22,23)24/h5-6,11,13-14,25H,3-4,7-10,12H2,1-2H3. The number of pyridine rings is 1. The minimum atomic E-state index is -4.55. The highest BCUT2D eigenvalue weighted by molar-refractivity contribution is 5.81. The van der Waals surface area contributed by atoms with Crippen molar-refractivity contribution in [2.75, 3.05) is 0 Å². The Morgan fingerprint density at radius 3 is 2.68 bits per heavy atom. The van der Waals surface area contributed by atoms with Gasteiger partial charge in [-0.05, 0) is 56.6 Å². The summed E-state index contributed by atoms with van der Waals surface area (Å²) in [5.74, 6) is 1.32. The molecular formula is C21H26F3N3O. The molecular weight excluding hydrogens is 367 g/mol. The summed E-state index contributed by atoms with van der Waals surface area (Å²) in [4.78, 5) is 3.56. The van der Waals surface area contributed by atoms with E-state index in [1.54, 1.807) is 0 Å². The van der Waals surface area contributed by atoms with Crippen molar-refractivity contribution in [2.45, 2.75) is 70.9 Å². The highest BCUT2D eigenvalue weighted by Crippen LogP contribution is 2.46. The quantitative estimate of drug-likeness (QED) is 0.501. The van der Waals surface area contributed by atoms with Gasteiger partial charge in [0.05, 0.1) is 0 Å². The van der Waals surface area contributed by atoms with Crippen molar-refractivity contribution in [3.63, 3.8) is 0 Å². The predicted molar refractivity (Wildman–Crippen MR) is 101 cm³/mol. The number of aromatic nitrogens is 2. The van der Waals surface area contributed by atoms with E-state index in [4.69, 9.17) is 9.93 Å². The highest BCUT2D eigenvalue weighted by Gasteiger charge is 2.38. The van der Waals surface area contributed by atoms with Crippen molar-refractivity contribution in [1.29, 1.82) is 5.41 Å². The second kappa shape index (κ2) is 8.45. The molecule has 1 atom stereocenters. The van der Waals surface area contributed by atoms with Gasteiger partial charge < -0.3 is 9.93 Å². The molecule has 0 aliphatic heterocycles. The third-order valence-corrected chi connectivity index (χ3v) is 5.44. The minimum Gasteiger partial charge on any atom is -0.360 e. The van der Waals surface area contributed by atoms with Gasteiger partial charge in [-0.3, -0.25) is 4.98 Å². The third kappa shape index (κ3) is 4.62. The van der Waals surface area contributed by atoms with Crippen LogP contribution in [0.3, 0.4) is 0 Å². The van der Waals surface area contributed by atoms with E-state index < -0.39 is 11.9 Å². The lowest BCUT2D eigenvalue weighted by atomic mass is 9.89. The number of alkyl halides is 3. The first-order valence-electron chi connectivity index (χ1n) is 9.92. The Balaban J connectivity index is 1.92. The molecule has 0 bridgehead atoms. The van der Waals surface area contributed by atoms with Gasteiger partial charge in [-0.25, -0.2) is 0 Å². The molecule has 2 aromatic heterocycles. The molecule has 152 valence electrons. The summed E-state index contributed by atoms with van der Waals surface area (Å²) in [5, 5.41) is 12.0. The van der Waals surface area contributed by atoms with Gasteiger partial charge in [0.1, 0.15) is 11.5 Å². The van der Waals surface area contributed by atoms with E-state index in [1.165, 1.54) is 12.1 Å². The summed E-state index contributed by atoms with van der Waals surface area (Å²) in [6.07, 6.45) is 2.37. The van der Waals surface area contributed by atoms with Gasteiger partial charge in [0.15, 0.2) is 5.69 Å². The van der Waals surface area contributed by atoms with Crippen LogP contribution in [-0.2, 0) is 12.6 Å². The van der Waals surface area contributed by atoms with Crippen molar-refractivity contribution in [1.82, 2.24) is 10.1 Å². The first-order valence-corrected chi connectivity index (χ1v) is 9.92. The average Bonchev–Trinajstić information content (AvgIpc) is 3.43. The summed E-state index contributed by atoms with van der Waals surface area (Å²) >= 11 is 0. The fourth-order valence-corrected chi connectivity index (χ4v) is 3.56. The zero-order valence-electron chi connectivity index (χ0n) is 16.3. The molecule has 1 N–H and O–H groups in total. The maximum atomic E-state index is 13.5. The molecule has 2 heterocycles. The van der Waals surface area contributed by atoms with Crippen LogP contribution < -0.4 is 0 Å². The first kappa shape index (κ1) is 20.6. The fourth-order valence-electron chi connectivity index (χ4n) is 3.56. The lowest BCUT2D eigenvalue weighted by molar-refractivity contribution is -0.140. The second-order valence-corrected chi connectivity index (χ2v) is 7.52. The van der Waals surface area contributed by atoms with E-state index in [2.05, 4.69) is 17.1 Å². The van der Waals surface area contributed by atoms with E-state index in [-0.39, 0.29) is 17.2 Å². The van der Waals surface area contributed by atoms with Crippen LogP contribution in [0.15, 0.2) is 22.9 Å². The van der Waals surface area contributed by atoms with Crippen LogP contribution in [-0.4, -0.2) is 15.9 Å². The Kier molecular flexibility index (Phi) is 6.20. The molecule has 3 rings (SSSR count). The third-order valence-electron chi connectivity index (χ3n) is 5.44. The van der Waals surface area contributed by atoms with E-state index in [9.17, 15) is 13.2 Å². The van der Waals surface area contributed by atoms with Crippen molar-refractivity contribution in [3.8, 4) is 11.3 Å². The Bertz CT molecular complexity index is 825. The average molecular weight is 393 g/mol. The van der Waals surface area contributed by atoms with Crippen LogP contribution in [0.4, 0.5) is 13.2 Å². The zero-order valence-corrected chi connectivity index (χ0v) is 16.3. The molecule has 1 aliphatic rings. The van der Waals surface area contributed by atoms with Crippen molar-refractivity contribution >= 4 is 5.71 Å². The molecule has 7 heteroatoms. The molecule has 0 saturated heterocycles. The number of halogens is 3. The lowest BCUT2D eigenvalue weighted by Crippen LogP contribution is -2.11. The molecule has 0 aromatic carbocycles. The Morgan fingerprint density at radius 2 is 2.07 bits per heavy atom. The summed E-state index contributed by atoms with van der Waals surface area (Å²) in [6.45, 7) is 4.06. The van der Waals surface area contributed by atoms with Crippen LogP contribution in [0.25, 0.3) is 11.3 Å². The Morgan fingerprint density at radius 1 is 1.32 bits per heavy atom. The van der Waals surface area contributed by atoms with Crippen molar-refractivity contribution in [2.24, 2.45) is 5.92 Å². The van der Waals surface area contributed by atoms with Gasteiger partial charge in [-0.1, -0.05) is 25.4 Å². The smallest absolute Gasteiger partial charge is 0.360 e. The molecule has 1 aliphatic carbocycles.